The van der Waals surface area contributed by atoms with E-state index in [0.29, 0.717) is 11.5 Å². The van der Waals surface area contributed by atoms with Crippen molar-refractivity contribution in [2.45, 2.75) is 11.4 Å². The van der Waals surface area contributed by atoms with Crippen molar-refractivity contribution >= 4 is 20.8 Å². The van der Waals surface area contributed by atoms with Crippen LogP contribution in [0.1, 0.15) is 5.56 Å². The molecule has 0 atom stereocenters. The predicted molar refractivity (Wildman–Crippen MR) is 97.5 cm³/mol. The van der Waals surface area contributed by atoms with E-state index in [1.54, 1.807) is 6.07 Å². The van der Waals surface area contributed by atoms with Crippen LogP contribution in [0.25, 0.3) is 10.8 Å². The van der Waals surface area contributed by atoms with Gasteiger partial charge in [-0.15, -0.1) is 0 Å². The Morgan fingerprint density at radius 2 is 1.56 bits per heavy atom. The van der Waals surface area contributed by atoms with Crippen LogP contribution in [0.3, 0.4) is 0 Å². The van der Waals surface area contributed by atoms with Gasteiger partial charge < -0.3 is 9.47 Å². The number of nitrogens with one attached hydrogen (secondary N) is 1. The molecule has 5 nitrogen and oxygen atoms in total. The van der Waals surface area contributed by atoms with E-state index < -0.39 is 10.0 Å². The third kappa shape index (κ3) is 3.75. The van der Waals surface area contributed by atoms with Gasteiger partial charge in [0.2, 0.25) is 10.0 Å². The average molecular weight is 357 g/mol. The lowest BCUT2D eigenvalue weighted by atomic mass is 10.1. The van der Waals surface area contributed by atoms with Crippen LogP contribution >= 0.6 is 0 Å². The highest BCUT2D eigenvalue weighted by Gasteiger charge is 2.16. The Balaban J connectivity index is 1.81. The summed E-state index contributed by atoms with van der Waals surface area (Å²) in [5.74, 6) is 0.854. The Labute approximate surface area is 147 Å². The predicted octanol–water partition coefficient (Wildman–Crippen LogP) is 3.34. The molecule has 0 heterocycles. The highest BCUT2D eigenvalue weighted by molar-refractivity contribution is 7.89. The van der Waals surface area contributed by atoms with E-state index in [1.165, 1.54) is 26.4 Å². The molecule has 0 spiro atoms. The second kappa shape index (κ2) is 7.13. The van der Waals surface area contributed by atoms with Crippen molar-refractivity contribution in [1.29, 1.82) is 0 Å². The van der Waals surface area contributed by atoms with Crippen molar-refractivity contribution in [2.24, 2.45) is 0 Å². The topological polar surface area (TPSA) is 64.6 Å². The maximum atomic E-state index is 12.5. The first-order chi connectivity index (χ1) is 12.0. The van der Waals surface area contributed by atoms with Gasteiger partial charge in [0, 0.05) is 12.6 Å². The average Bonchev–Trinajstić information content (AvgIpc) is 2.65. The Bertz CT molecular complexity index is 999. The molecule has 0 amide bonds. The zero-order chi connectivity index (χ0) is 17.9. The highest BCUT2D eigenvalue weighted by Crippen LogP contribution is 2.29. The normalized spacial score (nSPS) is 11.4. The SMILES string of the molecule is COc1ccc(S(=O)(=O)NCc2ccc3ccccc3c2)cc1OC. The number of methoxy groups -OCH3 is 2. The summed E-state index contributed by atoms with van der Waals surface area (Å²) in [6.07, 6.45) is 0. The van der Waals surface area contributed by atoms with Crippen molar-refractivity contribution in [3.63, 3.8) is 0 Å². The quantitative estimate of drug-likeness (QED) is 0.735. The molecule has 0 aliphatic carbocycles. The van der Waals surface area contributed by atoms with E-state index in [9.17, 15) is 8.42 Å². The van der Waals surface area contributed by atoms with Crippen molar-refractivity contribution in [3.8, 4) is 11.5 Å². The molecule has 0 aliphatic heterocycles. The Morgan fingerprint density at radius 3 is 2.28 bits per heavy atom. The monoisotopic (exact) mass is 357 g/mol. The summed E-state index contributed by atoms with van der Waals surface area (Å²) >= 11 is 0. The van der Waals surface area contributed by atoms with Gasteiger partial charge in [-0.3, -0.25) is 0 Å². The summed E-state index contributed by atoms with van der Waals surface area (Å²) in [4.78, 5) is 0.130. The zero-order valence-corrected chi connectivity index (χ0v) is 14.8. The van der Waals surface area contributed by atoms with Crippen LogP contribution in [-0.4, -0.2) is 22.6 Å². The van der Waals surface area contributed by atoms with Crippen LogP contribution in [-0.2, 0) is 16.6 Å². The lowest BCUT2D eigenvalue weighted by molar-refractivity contribution is 0.354. The number of ether oxygens (including phenoxy) is 2. The summed E-state index contributed by atoms with van der Waals surface area (Å²) in [5.41, 5.74) is 0.891. The lowest BCUT2D eigenvalue weighted by Crippen LogP contribution is -2.23. The van der Waals surface area contributed by atoms with E-state index in [1.807, 2.05) is 42.5 Å². The van der Waals surface area contributed by atoms with Gasteiger partial charge in [-0.1, -0.05) is 36.4 Å². The number of rotatable bonds is 6. The molecular weight excluding hydrogens is 338 g/mol. The molecular formula is C19H19NO4S. The van der Waals surface area contributed by atoms with Crippen molar-refractivity contribution < 1.29 is 17.9 Å². The van der Waals surface area contributed by atoms with Gasteiger partial charge in [-0.25, -0.2) is 13.1 Å². The second-order valence-electron chi connectivity index (χ2n) is 5.52. The maximum absolute atomic E-state index is 12.5. The van der Waals surface area contributed by atoms with Gasteiger partial charge in [0.05, 0.1) is 19.1 Å². The van der Waals surface area contributed by atoms with Crippen molar-refractivity contribution in [3.05, 3.63) is 66.2 Å². The van der Waals surface area contributed by atoms with Gasteiger partial charge >= 0.3 is 0 Å². The lowest BCUT2D eigenvalue weighted by Gasteiger charge is -2.11. The van der Waals surface area contributed by atoms with E-state index in [2.05, 4.69) is 4.72 Å². The minimum absolute atomic E-state index is 0.130. The number of sulfonamides is 1. The molecule has 0 unspecified atom stereocenters. The number of hydrogen-bond acceptors (Lipinski definition) is 4. The zero-order valence-electron chi connectivity index (χ0n) is 14.0. The first-order valence-corrected chi connectivity index (χ1v) is 9.21. The van der Waals surface area contributed by atoms with Gasteiger partial charge in [0.25, 0.3) is 0 Å². The molecule has 0 aromatic heterocycles. The Kier molecular flexibility index (Phi) is 4.92. The standard InChI is InChI=1S/C19H19NO4S/c1-23-18-10-9-17(12-19(18)24-2)25(21,22)20-13-14-7-8-15-5-3-4-6-16(15)11-14/h3-12,20H,13H2,1-2H3. The van der Waals surface area contributed by atoms with Gasteiger partial charge in [-0.05, 0) is 34.5 Å². The molecule has 0 bridgehead atoms. The molecule has 3 rings (SSSR count). The molecule has 3 aromatic carbocycles. The van der Waals surface area contributed by atoms with Crippen LogP contribution in [0, 0.1) is 0 Å². The molecule has 130 valence electrons. The molecule has 6 heteroatoms. The Morgan fingerprint density at radius 1 is 0.840 bits per heavy atom. The number of benzene rings is 3. The maximum Gasteiger partial charge on any atom is 0.241 e. The summed E-state index contributed by atoms with van der Waals surface area (Å²) in [6.45, 7) is 0.210. The molecule has 0 saturated carbocycles. The van der Waals surface area contributed by atoms with Crippen LogP contribution in [0.4, 0.5) is 0 Å². The molecule has 0 aliphatic rings. The Hall–Kier alpha value is -2.57. The molecule has 3 aromatic rings. The van der Waals surface area contributed by atoms with Gasteiger partial charge in [0.1, 0.15) is 0 Å². The van der Waals surface area contributed by atoms with E-state index >= 15 is 0 Å². The summed E-state index contributed by atoms with van der Waals surface area (Å²) in [5, 5.41) is 2.19. The van der Waals surface area contributed by atoms with Crippen LogP contribution in [0.15, 0.2) is 65.6 Å². The smallest absolute Gasteiger partial charge is 0.241 e. The number of fused-ring (bicyclic) bond motifs is 1. The van der Waals surface area contributed by atoms with Crippen LogP contribution in [0.5, 0.6) is 11.5 Å². The fourth-order valence-corrected chi connectivity index (χ4v) is 3.63. The van der Waals surface area contributed by atoms with E-state index in [4.69, 9.17) is 9.47 Å². The van der Waals surface area contributed by atoms with Gasteiger partial charge in [0.15, 0.2) is 11.5 Å². The third-order valence-corrected chi connectivity index (χ3v) is 5.34. The summed E-state index contributed by atoms with van der Waals surface area (Å²) in [6, 6.07) is 18.3. The molecule has 1 N–H and O–H groups in total. The first-order valence-electron chi connectivity index (χ1n) is 7.73. The molecule has 0 fully saturated rings. The van der Waals surface area contributed by atoms with E-state index in [0.717, 1.165) is 16.3 Å². The minimum atomic E-state index is -3.65. The highest BCUT2D eigenvalue weighted by atomic mass is 32.2. The molecule has 0 radical (unpaired) electrons. The van der Waals surface area contributed by atoms with E-state index in [-0.39, 0.29) is 11.4 Å². The fraction of sp³-hybridized carbons (Fsp3) is 0.158. The summed E-state index contributed by atoms with van der Waals surface area (Å²) < 4.78 is 38.0. The number of hydrogen-bond donors (Lipinski definition) is 1. The van der Waals surface area contributed by atoms with Crippen molar-refractivity contribution in [1.82, 2.24) is 4.72 Å². The fourth-order valence-electron chi connectivity index (χ4n) is 2.59. The summed E-state index contributed by atoms with van der Waals surface area (Å²) in [7, 11) is -0.682. The second-order valence-corrected chi connectivity index (χ2v) is 7.29. The van der Waals surface area contributed by atoms with Gasteiger partial charge in [-0.2, -0.15) is 0 Å². The minimum Gasteiger partial charge on any atom is -0.493 e. The molecule has 25 heavy (non-hydrogen) atoms. The van der Waals surface area contributed by atoms with Crippen LogP contribution in [0.2, 0.25) is 0 Å². The first kappa shape index (κ1) is 17.3. The van der Waals surface area contributed by atoms with Crippen molar-refractivity contribution in [2.75, 3.05) is 14.2 Å². The molecule has 0 saturated heterocycles. The third-order valence-electron chi connectivity index (χ3n) is 3.95. The van der Waals surface area contributed by atoms with Crippen LogP contribution < -0.4 is 14.2 Å². The largest absolute Gasteiger partial charge is 0.493 e.